The standard InChI is InChI=1S/C16H22N2/c1-10-6-11-12(9-18-14(11)17-8-10)13-7-15(2,3)16(13,4)5/h6,8-9,13H,7H2,1-5H3,(H,17,18). The molecule has 2 aromatic heterocycles. The van der Waals surface area contributed by atoms with Gasteiger partial charge in [-0.1, -0.05) is 27.7 Å². The number of hydrogen-bond acceptors (Lipinski definition) is 1. The lowest BCUT2D eigenvalue weighted by Crippen LogP contribution is -2.49. The van der Waals surface area contributed by atoms with Crippen molar-refractivity contribution in [2.75, 3.05) is 0 Å². The van der Waals surface area contributed by atoms with Crippen molar-refractivity contribution < 1.29 is 0 Å². The van der Waals surface area contributed by atoms with Crippen LogP contribution in [0.2, 0.25) is 0 Å². The number of nitrogens with zero attached hydrogens (tertiary/aromatic N) is 1. The predicted octanol–water partition coefficient (Wildman–Crippen LogP) is 4.41. The lowest BCUT2D eigenvalue weighted by atomic mass is 9.45. The highest BCUT2D eigenvalue weighted by Crippen LogP contribution is 2.64. The third-order valence-electron chi connectivity index (χ3n) is 5.41. The molecule has 0 aliphatic heterocycles. The molecule has 3 rings (SSSR count). The zero-order valence-corrected chi connectivity index (χ0v) is 12.0. The largest absolute Gasteiger partial charge is 0.346 e. The first-order valence-electron chi connectivity index (χ1n) is 6.76. The molecule has 96 valence electrons. The highest BCUT2D eigenvalue weighted by Gasteiger charge is 2.54. The van der Waals surface area contributed by atoms with Gasteiger partial charge in [-0.15, -0.1) is 0 Å². The van der Waals surface area contributed by atoms with E-state index in [-0.39, 0.29) is 0 Å². The summed E-state index contributed by atoms with van der Waals surface area (Å²) in [6.45, 7) is 11.6. The summed E-state index contributed by atoms with van der Waals surface area (Å²) in [5, 5.41) is 1.31. The number of pyridine rings is 1. The third kappa shape index (κ3) is 1.38. The van der Waals surface area contributed by atoms with Crippen LogP contribution in [0.25, 0.3) is 11.0 Å². The maximum atomic E-state index is 4.47. The van der Waals surface area contributed by atoms with Crippen LogP contribution in [0.4, 0.5) is 0 Å². The SMILES string of the molecule is Cc1cnc2[nH]cc(C3CC(C)(C)C3(C)C)c2c1. The van der Waals surface area contributed by atoms with Gasteiger partial charge in [0.1, 0.15) is 5.65 Å². The zero-order chi connectivity index (χ0) is 13.1. The van der Waals surface area contributed by atoms with E-state index in [0.29, 0.717) is 16.7 Å². The quantitative estimate of drug-likeness (QED) is 0.788. The number of aromatic amines is 1. The molecule has 0 spiro atoms. The van der Waals surface area contributed by atoms with E-state index >= 15 is 0 Å². The van der Waals surface area contributed by atoms with Gasteiger partial charge in [0.05, 0.1) is 0 Å². The molecule has 1 N–H and O–H groups in total. The molecule has 18 heavy (non-hydrogen) atoms. The molecule has 1 saturated carbocycles. The summed E-state index contributed by atoms with van der Waals surface area (Å²) < 4.78 is 0. The van der Waals surface area contributed by atoms with Crippen LogP contribution in [-0.2, 0) is 0 Å². The summed E-state index contributed by atoms with van der Waals surface area (Å²) in [7, 11) is 0. The van der Waals surface area contributed by atoms with Gasteiger partial charge in [0.15, 0.2) is 0 Å². The Kier molecular flexibility index (Phi) is 2.20. The first-order chi connectivity index (χ1) is 8.33. The Morgan fingerprint density at radius 3 is 2.61 bits per heavy atom. The fourth-order valence-electron chi connectivity index (χ4n) is 3.28. The molecule has 0 radical (unpaired) electrons. The van der Waals surface area contributed by atoms with Gasteiger partial charge >= 0.3 is 0 Å². The molecule has 0 bridgehead atoms. The zero-order valence-electron chi connectivity index (χ0n) is 12.0. The molecule has 0 aromatic carbocycles. The molecule has 2 nitrogen and oxygen atoms in total. The molecule has 1 unspecified atom stereocenters. The van der Waals surface area contributed by atoms with Crippen LogP contribution in [-0.4, -0.2) is 9.97 Å². The Bertz CT molecular complexity index is 605. The number of aryl methyl sites for hydroxylation is 1. The average molecular weight is 242 g/mol. The van der Waals surface area contributed by atoms with E-state index in [0.717, 1.165) is 5.65 Å². The molecule has 1 fully saturated rings. The number of H-pyrrole nitrogens is 1. The summed E-state index contributed by atoms with van der Waals surface area (Å²) >= 11 is 0. The summed E-state index contributed by atoms with van der Waals surface area (Å²) in [5.74, 6) is 0.643. The lowest BCUT2D eigenvalue weighted by molar-refractivity contribution is -0.0480. The molecule has 1 atom stereocenters. The summed E-state index contributed by atoms with van der Waals surface area (Å²) in [5.41, 5.74) is 4.49. The highest BCUT2D eigenvalue weighted by atomic mass is 14.8. The van der Waals surface area contributed by atoms with Gasteiger partial charge in [0.25, 0.3) is 0 Å². The van der Waals surface area contributed by atoms with E-state index < -0.39 is 0 Å². The van der Waals surface area contributed by atoms with Gasteiger partial charge in [-0.25, -0.2) is 4.98 Å². The fraction of sp³-hybridized carbons (Fsp3) is 0.562. The van der Waals surface area contributed by atoms with Gasteiger partial charge in [-0.2, -0.15) is 0 Å². The van der Waals surface area contributed by atoms with E-state index in [1.165, 1.54) is 22.9 Å². The van der Waals surface area contributed by atoms with Gasteiger partial charge in [-0.05, 0) is 47.3 Å². The highest BCUT2D eigenvalue weighted by molar-refractivity contribution is 5.81. The van der Waals surface area contributed by atoms with Crippen molar-refractivity contribution in [2.24, 2.45) is 10.8 Å². The Labute approximate surface area is 109 Å². The first kappa shape index (κ1) is 11.8. The van der Waals surface area contributed by atoms with E-state index in [9.17, 15) is 0 Å². The Morgan fingerprint density at radius 2 is 2.00 bits per heavy atom. The number of aromatic nitrogens is 2. The molecule has 2 aromatic rings. The van der Waals surface area contributed by atoms with Gasteiger partial charge in [0.2, 0.25) is 0 Å². The van der Waals surface area contributed by atoms with Crippen molar-refractivity contribution in [1.29, 1.82) is 0 Å². The number of hydrogen-bond donors (Lipinski definition) is 1. The van der Waals surface area contributed by atoms with Crippen LogP contribution < -0.4 is 0 Å². The molecule has 0 saturated heterocycles. The number of fused-ring (bicyclic) bond motifs is 1. The summed E-state index contributed by atoms with van der Waals surface area (Å²) in [6.07, 6.45) is 5.36. The fourth-order valence-corrected chi connectivity index (χ4v) is 3.28. The molecule has 1 aliphatic carbocycles. The topological polar surface area (TPSA) is 28.7 Å². The van der Waals surface area contributed by atoms with E-state index in [1.807, 2.05) is 6.20 Å². The lowest BCUT2D eigenvalue weighted by Gasteiger charge is -2.59. The van der Waals surface area contributed by atoms with Crippen molar-refractivity contribution in [2.45, 2.75) is 47.0 Å². The maximum Gasteiger partial charge on any atom is 0.137 e. The van der Waals surface area contributed by atoms with E-state index in [4.69, 9.17) is 0 Å². The van der Waals surface area contributed by atoms with Crippen molar-refractivity contribution in [3.05, 3.63) is 29.6 Å². The number of rotatable bonds is 1. The molecule has 2 heteroatoms. The molecule has 2 heterocycles. The van der Waals surface area contributed by atoms with Crippen molar-refractivity contribution in [1.82, 2.24) is 9.97 Å². The normalized spacial score (nSPS) is 25.1. The summed E-state index contributed by atoms with van der Waals surface area (Å²) in [4.78, 5) is 7.79. The Morgan fingerprint density at radius 1 is 1.28 bits per heavy atom. The first-order valence-corrected chi connectivity index (χ1v) is 6.76. The van der Waals surface area contributed by atoms with Gasteiger partial charge in [-0.3, -0.25) is 0 Å². The molecular formula is C16H22N2. The molecule has 1 aliphatic rings. The van der Waals surface area contributed by atoms with Crippen LogP contribution in [0, 0.1) is 17.8 Å². The van der Waals surface area contributed by atoms with Crippen LogP contribution >= 0.6 is 0 Å². The van der Waals surface area contributed by atoms with E-state index in [2.05, 4.69) is 56.8 Å². The predicted molar refractivity (Wildman–Crippen MR) is 75.8 cm³/mol. The second kappa shape index (κ2) is 3.37. The smallest absolute Gasteiger partial charge is 0.137 e. The average Bonchev–Trinajstić information content (AvgIpc) is 2.68. The monoisotopic (exact) mass is 242 g/mol. The van der Waals surface area contributed by atoms with Crippen LogP contribution in [0.3, 0.4) is 0 Å². The summed E-state index contributed by atoms with van der Waals surface area (Å²) in [6, 6.07) is 2.26. The van der Waals surface area contributed by atoms with Crippen LogP contribution in [0.5, 0.6) is 0 Å². The third-order valence-corrected chi connectivity index (χ3v) is 5.41. The number of nitrogens with one attached hydrogen (secondary N) is 1. The Balaban J connectivity index is 2.09. The van der Waals surface area contributed by atoms with Crippen LogP contribution in [0.1, 0.15) is 51.2 Å². The minimum absolute atomic E-state index is 0.353. The van der Waals surface area contributed by atoms with Crippen LogP contribution in [0.15, 0.2) is 18.5 Å². The van der Waals surface area contributed by atoms with Gasteiger partial charge < -0.3 is 4.98 Å². The van der Waals surface area contributed by atoms with Crippen molar-refractivity contribution in [3.8, 4) is 0 Å². The maximum absolute atomic E-state index is 4.47. The van der Waals surface area contributed by atoms with E-state index in [1.54, 1.807) is 0 Å². The minimum atomic E-state index is 0.353. The molecular weight excluding hydrogens is 220 g/mol. The van der Waals surface area contributed by atoms with Crippen molar-refractivity contribution in [3.63, 3.8) is 0 Å². The second-order valence-electron chi connectivity index (χ2n) is 7.02. The molecule has 0 amide bonds. The second-order valence-corrected chi connectivity index (χ2v) is 7.02. The minimum Gasteiger partial charge on any atom is -0.346 e. The van der Waals surface area contributed by atoms with Crippen molar-refractivity contribution >= 4 is 11.0 Å². The van der Waals surface area contributed by atoms with Gasteiger partial charge in [0, 0.05) is 17.8 Å². The Hall–Kier alpha value is -1.31.